The van der Waals surface area contributed by atoms with Crippen molar-refractivity contribution >= 4 is 45.8 Å². The van der Waals surface area contributed by atoms with Crippen molar-refractivity contribution in [2.24, 2.45) is 23.5 Å². The number of hydrogen-bond acceptors (Lipinski definition) is 10. The molecule has 0 radical (unpaired) electrons. The summed E-state index contributed by atoms with van der Waals surface area (Å²) >= 11 is 2.07. The van der Waals surface area contributed by atoms with E-state index in [9.17, 15) is 34.5 Å². The highest BCUT2D eigenvalue weighted by Gasteiger charge is 2.66. The van der Waals surface area contributed by atoms with Crippen molar-refractivity contribution in [2.75, 3.05) is 27.3 Å². The Labute approximate surface area is 225 Å². The quantitative estimate of drug-likeness (QED) is 0.189. The smallest absolute Gasteiger partial charge is 0.230 e. The molecule has 0 spiro atoms. The molecule has 2 fully saturated rings. The van der Waals surface area contributed by atoms with E-state index in [4.69, 9.17) is 15.2 Å². The number of nitrogens with two attached hydrogens (primary N) is 1. The van der Waals surface area contributed by atoms with Crippen LogP contribution in [-0.2, 0) is 30.3 Å². The molecule has 198 valence electrons. The van der Waals surface area contributed by atoms with Gasteiger partial charge in [0, 0.05) is 21.1 Å². The second-order valence-corrected chi connectivity index (χ2v) is 11.4. The predicted molar refractivity (Wildman–Crippen MR) is 135 cm³/mol. The third kappa shape index (κ3) is 3.92. The molecule has 3 unspecified atom stereocenters. The summed E-state index contributed by atoms with van der Waals surface area (Å²) in [4.78, 5) is 53.7. The van der Waals surface area contributed by atoms with E-state index in [-0.39, 0.29) is 42.1 Å². The molecule has 5 rings (SSSR count). The fraction of sp³-hybridized carbons (Fsp3) is 0.520. The molecule has 1 saturated carbocycles. The number of epoxide rings is 1. The number of hydrogen-bond donors (Lipinski definition) is 4. The van der Waals surface area contributed by atoms with Gasteiger partial charge in [0.15, 0.2) is 23.0 Å². The van der Waals surface area contributed by atoms with Gasteiger partial charge in [-0.15, -0.1) is 0 Å². The van der Waals surface area contributed by atoms with E-state index in [0.29, 0.717) is 5.56 Å². The molecule has 11 nitrogen and oxygen atoms in total. The molecule has 3 aliphatic carbocycles. The topological polar surface area (TPSA) is 180 Å². The Morgan fingerprint density at radius 1 is 1.27 bits per heavy atom. The van der Waals surface area contributed by atoms with Gasteiger partial charge in [-0.3, -0.25) is 19.2 Å². The SMILES string of the molecule is CN(C)[C@@H]1C(OCC(=O)C2CO2)C(C(N)=O)C(=O)[C@@]2(O)C(O)=C3C(=O)c4c(O)ccc(I)c4C[C@H]3C[C@@H]12. The Bertz CT molecular complexity index is 1260. The first kappa shape index (κ1) is 26.2. The minimum Gasteiger partial charge on any atom is -0.508 e. The van der Waals surface area contributed by atoms with Crippen molar-refractivity contribution in [3.63, 3.8) is 0 Å². The van der Waals surface area contributed by atoms with Crippen LogP contribution >= 0.6 is 22.6 Å². The highest BCUT2D eigenvalue weighted by molar-refractivity contribution is 14.1. The first-order valence-electron chi connectivity index (χ1n) is 11.9. The maximum Gasteiger partial charge on any atom is 0.230 e. The number of ketones is 3. The summed E-state index contributed by atoms with van der Waals surface area (Å²) in [7, 11) is 3.33. The number of carbonyl (C=O) groups is 4. The third-order valence-corrected chi connectivity index (χ3v) is 9.01. The summed E-state index contributed by atoms with van der Waals surface area (Å²) in [6.07, 6.45) is -1.38. The van der Waals surface area contributed by atoms with Crippen LogP contribution in [0.25, 0.3) is 0 Å². The van der Waals surface area contributed by atoms with Crippen LogP contribution < -0.4 is 5.73 Å². The number of aliphatic hydroxyl groups is 2. The van der Waals surface area contributed by atoms with Crippen LogP contribution in [0, 0.1) is 21.3 Å². The maximum absolute atomic E-state index is 13.7. The summed E-state index contributed by atoms with van der Waals surface area (Å²) in [5.74, 6) is -7.52. The highest BCUT2D eigenvalue weighted by Crippen LogP contribution is 2.53. The third-order valence-electron chi connectivity index (χ3n) is 8.00. The van der Waals surface area contributed by atoms with Gasteiger partial charge in [0.1, 0.15) is 30.1 Å². The van der Waals surface area contributed by atoms with Crippen LogP contribution in [0.1, 0.15) is 22.3 Å². The Morgan fingerprint density at radius 3 is 2.54 bits per heavy atom. The Morgan fingerprint density at radius 2 is 1.95 bits per heavy atom. The van der Waals surface area contributed by atoms with E-state index in [0.717, 1.165) is 3.57 Å². The zero-order valence-electron chi connectivity index (χ0n) is 20.1. The van der Waals surface area contributed by atoms with Gasteiger partial charge in [-0.05, 0) is 73.1 Å². The van der Waals surface area contributed by atoms with Crippen LogP contribution in [-0.4, -0.2) is 94.6 Å². The molecule has 1 amide bonds. The normalized spacial score (nSPS) is 34.6. The second-order valence-electron chi connectivity index (χ2n) is 10.3. The van der Waals surface area contributed by atoms with E-state index in [2.05, 4.69) is 22.6 Å². The van der Waals surface area contributed by atoms with E-state index >= 15 is 0 Å². The number of ether oxygens (including phenoxy) is 2. The number of aromatic hydroxyl groups is 1. The zero-order valence-corrected chi connectivity index (χ0v) is 22.3. The van der Waals surface area contributed by atoms with Crippen molar-refractivity contribution in [1.82, 2.24) is 4.90 Å². The van der Waals surface area contributed by atoms with Crippen LogP contribution in [0.4, 0.5) is 0 Å². The molecule has 1 heterocycles. The van der Waals surface area contributed by atoms with Crippen molar-refractivity contribution < 1.29 is 44.0 Å². The minimum absolute atomic E-state index is 0.0210. The monoisotopic (exact) mass is 626 g/mol. The molecule has 7 atom stereocenters. The Hall–Kier alpha value is -2.39. The molecule has 1 aromatic carbocycles. The standard InChI is InChI=1S/C25H27IN2O9/c1-28(2)19-11-6-9-5-10-12(26)3-4-13(29)17(10)20(31)16(9)22(32)25(11,35)23(33)18(24(27)34)21(19)37-7-14(30)15-8-36-15/h3-4,9,11,15,18-19,21,29,32,35H,5-8H2,1-2H3,(H2,27,34)/t9-,11-,15?,18?,19-,21?,25-/m0/s1. The van der Waals surface area contributed by atoms with E-state index < -0.39 is 71.4 Å². The number of halogens is 1. The van der Waals surface area contributed by atoms with Crippen molar-refractivity contribution in [3.8, 4) is 5.75 Å². The summed E-state index contributed by atoms with van der Waals surface area (Å²) in [5.41, 5.74) is 3.50. The number of benzene rings is 1. The maximum atomic E-state index is 13.7. The van der Waals surface area contributed by atoms with Gasteiger partial charge in [-0.25, -0.2) is 0 Å². The van der Waals surface area contributed by atoms with Crippen molar-refractivity contribution in [3.05, 3.63) is 38.2 Å². The average Bonchev–Trinajstić information content (AvgIpc) is 3.67. The number of Topliss-reactive ketones (excluding diaryl/α,β-unsaturated/α-hetero) is 3. The first-order valence-corrected chi connectivity index (χ1v) is 12.9. The van der Waals surface area contributed by atoms with E-state index in [1.807, 2.05) is 0 Å². The van der Waals surface area contributed by atoms with Crippen molar-refractivity contribution in [1.29, 1.82) is 0 Å². The number of rotatable bonds is 6. The Balaban J connectivity index is 1.62. The molecule has 37 heavy (non-hydrogen) atoms. The molecule has 0 bridgehead atoms. The van der Waals surface area contributed by atoms with E-state index in [1.165, 1.54) is 6.07 Å². The summed E-state index contributed by atoms with van der Waals surface area (Å²) in [6, 6.07) is 2.24. The molecular formula is C25H27IN2O9. The van der Waals surface area contributed by atoms with Gasteiger partial charge < -0.3 is 35.4 Å². The molecular weight excluding hydrogens is 599 g/mol. The summed E-state index contributed by atoms with van der Waals surface area (Å²) < 4.78 is 11.6. The molecule has 1 aromatic rings. The number of allylic oxidation sites excluding steroid dienone is 1. The van der Waals surface area contributed by atoms with Gasteiger partial charge in [0.2, 0.25) is 5.91 Å². The molecule has 1 aliphatic heterocycles. The van der Waals surface area contributed by atoms with Crippen LogP contribution in [0.2, 0.25) is 0 Å². The lowest BCUT2D eigenvalue weighted by molar-refractivity contribution is -0.185. The van der Waals surface area contributed by atoms with Crippen molar-refractivity contribution in [2.45, 2.75) is 36.7 Å². The first-order chi connectivity index (χ1) is 17.4. The molecule has 0 aromatic heterocycles. The zero-order chi connectivity index (χ0) is 27.0. The summed E-state index contributed by atoms with van der Waals surface area (Å²) in [6.45, 7) is -0.140. The van der Waals surface area contributed by atoms with Crippen LogP contribution in [0.15, 0.2) is 23.5 Å². The fourth-order valence-corrected chi connectivity index (χ4v) is 6.90. The Kier molecular flexibility index (Phi) is 6.46. The number of nitrogens with zero attached hydrogens (tertiary/aromatic N) is 1. The lowest BCUT2D eigenvalue weighted by Gasteiger charge is -2.54. The number of amides is 1. The lowest BCUT2D eigenvalue weighted by atomic mass is 9.56. The molecule has 1 saturated heterocycles. The number of primary amides is 1. The number of fused-ring (bicyclic) bond motifs is 3. The molecule has 4 aliphatic rings. The van der Waals surface area contributed by atoms with Crippen LogP contribution in [0.5, 0.6) is 5.75 Å². The number of carbonyl (C=O) groups excluding carboxylic acids is 4. The molecule has 5 N–H and O–H groups in total. The van der Waals surface area contributed by atoms with E-state index in [1.54, 1.807) is 25.1 Å². The van der Waals surface area contributed by atoms with Gasteiger partial charge >= 0.3 is 0 Å². The van der Waals surface area contributed by atoms with Crippen LogP contribution in [0.3, 0.4) is 0 Å². The average molecular weight is 626 g/mol. The minimum atomic E-state index is -2.59. The number of phenolic OH excluding ortho intramolecular Hbond substituents is 1. The number of likely N-dealkylation sites (N-methyl/N-ethyl adjacent to an activating group) is 1. The number of aliphatic hydroxyl groups excluding tert-OH is 1. The molecule has 12 heteroatoms. The van der Waals surface area contributed by atoms with Gasteiger partial charge in [0.25, 0.3) is 0 Å². The lowest BCUT2D eigenvalue weighted by Crippen LogP contribution is -2.71. The second kappa shape index (κ2) is 9.12. The predicted octanol–water partition coefficient (Wildman–Crippen LogP) is -0.118. The highest BCUT2D eigenvalue weighted by atomic mass is 127. The van der Waals surface area contributed by atoms with Gasteiger partial charge in [0.05, 0.1) is 18.3 Å². The summed E-state index contributed by atoms with van der Waals surface area (Å²) in [5, 5.41) is 33.6. The van der Waals surface area contributed by atoms with Gasteiger partial charge in [-0.2, -0.15) is 0 Å². The fourth-order valence-electron chi connectivity index (χ4n) is 6.23. The largest absolute Gasteiger partial charge is 0.508 e. The van der Waals surface area contributed by atoms with Gasteiger partial charge in [-0.1, -0.05) is 0 Å². The number of phenols is 1.